The van der Waals surface area contributed by atoms with Crippen LogP contribution in [0.5, 0.6) is 0 Å². The Balaban J connectivity index is 1.92. The molecule has 0 amide bonds. The summed E-state index contributed by atoms with van der Waals surface area (Å²) < 4.78 is 6.13. The number of likely N-dealkylation sites (N-methyl/N-ethyl adjacent to an activating group) is 1. The monoisotopic (exact) mass is 261 g/mol. The fraction of sp³-hybridized carbons (Fsp3) is 0.647. The minimum Gasteiger partial charge on any atom is -0.376 e. The minimum atomic E-state index is 0.326. The maximum absolute atomic E-state index is 6.13. The molecule has 2 unspecified atom stereocenters. The third kappa shape index (κ3) is 3.80. The molecule has 1 N–H and O–H groups in total. The molecule has 2 nitrogen and oxygen atoms in total. The first-order valence-corrected chi connectivity index (χ1v) is 7.59. The molecule has 0 saturated heterocycles. The molecule has 2 atom stereocenters. The summed E-state index contributed by atoms with van der Waals surface area (Å²) in [6.45, 7) is 5.43. The van der Waals surface area contributed by atoms with Crippen molar-refractivity contribution in [2.45, 2.75) is 51.7 Å². The first-order chi connectivity index (χ1) is 9.22. The lowest BCUT2D eigenvalue weighted by atomic mass is 9.85. The third-order valence-corrected chi connectivity index (χ3v) is 4.03. The summed E-state index contributed by atoms with van der Waals surface area (Å²) >= 11 is 0. The Morgan fingerprint density at radius 2 is 2.11 bits per heavy atom. The van der Waals surface area contributed by atoms with Gasteiger partial charge in [-0.2, -0.15) is 0 Å². The van der Waals surface area contributed by atoms with Crippen molar-refractivity contribution in [3.63, 3.8) is 0 Å². The molecule has 2 rings (SSSR count). The average molecular weight is 261 g/mol. The van der Waals surface area contributed by atoms with Crippen molar-refractivity contribution in [1.82, 2.24) is 5.32 Å². The van der Waals surface area contributed by atoms with Gasteiger partial charge in [-0.15, -0.1) is 0 Å². The van der Waals surface area contributed by atoms with E-state index in [1.807, 2.05) is 7.05 Å². The van der Waals surface area contributed by atoms with Crippen molar-refractivity contribution in [1.29, 1.82) is 0 Å². The average Bonchev–Trinajstić information content (AvgIpc) is 2.42. The van der Waals surface area contributed by atoms with Crippen LogP contribution in [0.4, 0.5) is 0 Å². The van der Waals surface area contributed by atoms with E-state index in [-0.39, 0.29) is 0 Å². The van der Waals surface area contributed by atoms with Crippen LogP contribution in [0.3, 0.4) is 0 Å². The summed E-state index contributed by atoms with van der Waals surface area (Å²) in [6.07, 6.45) is 5.03. The highest BCUT2D eigenvalue weighted by atomic mass is 16.5. The Hall–Kier alpha value is -0.860. The second kappa shape index (κ2) is 7.06. The van der Waals surface area contributed by atoms with Gasteiger partial charge in [-0.25, -0.2) is 0 Å². The molecule has 0 radical (unpaired) electrons. The summed E-state index contributed by atoms with van der Waals surface area (Å²) in [6, 6.07) is 9.10. The van der Waals surface area contributed by atoms with E-state index in [2.05, 4.69) is 43.4 Å². The number of ether oxygens (including phenoxy) is 1. The molecular weight excluding hydrogens is 234 g/mol. The molecule has 0 aromatic heterocycles. The Kier molecular flexibility index (Phi) is 5.41. The molecule has 1 aliphatic rings. The van der Waals surface area contributed by atoms with Gasteiger partial charge in [0.05, 0.1) is 12.1 Å². The van der Waals surface area contributed by atoms with Gasteiger partial charge in [-0.1, -0.05) is 38.1 Å². The van der Waals surface area contributed by atoms with Crippen molar-refractivity contribution < 1.29 is 4.74 Å². The molecule has 2 heteroatoms. The lowest BCUT2D eigenvalue weighted by molar-refractivity contribution is 0.0146. The molecule has 1 aromatic rings. The Morgan fingerprint density at radius 3 is 2.84 bits per heavy atom. The standard InChI is InChI=1S/C17H27NO/c1-13(2)7-6-12-19-16-11-10-14-8-4-5-9-15(14)17(16)18-3/h4-5,8-9,13,16-18H,6-7,10-12H2,1-3H3. The summed E-state index contributed by atoms with van der Waals surface area (Å²) in [5, 5.41) is 3.43. The summed E-state index contributed by atoms with van der Waals surface area (Å²) in [4.78, 5) is 0. The number of hydrogen-bond acceptors (Lipinski definition) is 2. The summed E-state index contributed by atoms with van der Waals surface area (Å²) in [5.41, 5.74) is 2.90. The van der Waals surface area contributed by atoms with Crippen molar-refractivity contribution >= 4 is 0 Å². The van der Waals surface area contributed by atoms with Crippen LogP contribution in [0.2, 0.25) is 0 Å². The van der Waals surface area contributed by atoms with E-state index >= 15 is 0 Å². The molecule has 1 aliphatic carbocycles. The van der Waals surface area contributed by atoms with Crippen LogP contribution in [0.15, 0.2) is 24.3 Å². The molecular formula is C17H27NO. The zero-order chi connectivity index (χ0) is 13.7. The van der Waals surface area contributed by atoms with E-state index in [9.17, 15) is 0 Å². The number of fused-ring (bicyclic) bond motifs is 1. The van der Waals surface area contributed by atoms with Crippen LogP contribution in [0.1, 0.15) is 50.3 Å². The normalized spacial score (nSPS) is 22.5. The molecule has 0 spiro atoms. The van der Waals surface area contributed by atoms with E-state index in [1.165, 1.54) is 24.0 Å². The van der Waals surface area contributed by atoms with Crippen molar-refractivity contribution in [3.05, 3.63) is 35.4 Å². The predicted octanol–water partition coefficient (Wildman–Crippen LogP) is 3.71. The molecule has 0 aliphatic heterocycles. The lowest BCUT2D eigenvalue weighted by Crippen LogP contribution is -2.36. The number of aryl methyl sites for hydroxylation is 1. The Bertz CT molecular complexity index is 389. The smallest absolute Gasteiger partial charge is 0.0772 e. The first kappa shape index (κ1) is 14.5. The van der Waals surface area contributed by atoms with E-state index in [0.29, 0.717) is 12.1 Å². The predicted molar refractivity (Wildman–Crippen MR) is 80.4 cm³/mol. The largest absolute Gasteiger partial charge is 0.376 e. The molecule has 0 saturated carbocycles. The van der Waals surface area contributed by atoms with Gasteiger partial charge in [-0.05, 0) is 49.8 Å². The maximum atomic E-state index is 6.13. The fourth-order valence-corrected chi connectivity index (χ4v) is 2.98. The van der Waals surface area contributed by atoms with Gasteiger partial charge in [0, 0.05) is 6.61 Å². The molecule has 0 fully saturated rings. The highest BCUT2D eigenvalue weighted by Crippen LogP contribution is 2.31. The van der Waals surface area contributed by atoms with Gasteiger partial charge in [0.25, 0.3) is 0 Å². The second-order valence-electron chi connectivity index (χ2n) is 5.95. The SMILES string of the molecule is CNC1c2ccccc2CCC1OCCCC(C)C. The van der Waals surface area contributed by atoms with Crippen LogP contribution < -0.4 is 5.32 Å². The second-order valence-corrected chi connectivity index (χ2v) is 5.95. The Morgan fingerprint density at radius 1 is 1.32 bits per heavy atom. The van der Waals surface area contributed by atoms with Crippen LogP contribution in [-0.4, -0.2) is 19.8 Å². The zero-order valence-electron chi connectivity index (χ0n) is 12.5. The van der Waals surface area contributed by atoms with Gasteiger partial charge in [0.2, 0.25) is 0 Å². The molecule has 0 heterocycles. The van der Waals surface area contributed by atoms with Crippen molar-refractivity contribution in [2.24, 2.45) is 5.92 Å². The molecule has 19 heavy (non-hydrogen) atoms. The van der Waals surface area contributed by atoms with Crippen molar-refractivity contribution in [2.75, 3.05) is 13.7 Å². The van der Waals surface area contributed by atoms with Crippen LogP contribution in [0, 0.1) is 5.92 Å². The van der Waals surface area contributed by atoms with Gasteiger partial charge < -0.3 is 10.1 Å². The Labute approximate surface area is 117 Å². The number of hydrogen-bond donors (Lipinski definition) is 1. The van der Waals surface area contributed by atoms with Gasteiger partial charge >= 0.3 is 0 Å². The number of rotatable bonds is 6. The highest BCUT2D eigenvalue weighted by Gasteiger charge is 2.28. The minimum absolute atomic E-state index is 0.326. The number of benzene rings is 1. The number of nitrogens with one attached hydrogen (secondary N) is 1. The van der Waals surface area contributed by atoms with Gasteiger partial charge in [-0.3, -0.25) is 0 Å². The first-order valence-electron chi connectivity index (χ1n) is 7.59. The van der Waals surface area contributed by atoms with Crippen LogP contribution >= 0.6 is 0 Å². The van der Waals surface area contributed by atoms with Gasteiger partial charge in [0.1, 0.15) is 0 Å². The molecule has 1 aromatic carbocycles. The van der Waals surface area contributed by atoms with Crippen molar-refractivity contribution in [3.8, 4) is 0 Å². The highest BCUT2D eigenvalue weighted by molar-refractivity contribution is 5.33. The van der Waals surface area contributed by atoms with E-state index < -0.39 is 0 Å². The molecule has 0 bridgehead atoms. The fourth-order valence-electron chi connectivity index (χ4n) is 2.98. The lowest BCUT2D eigenvalue weighted by Gasteiger charge is -2.33. The van der Waals surface area contributed by atoms with E-state index in [1.54, 1.807) is 0 Å². The van der Waals surface area contributed by atoms with Crippen LogP contribution in [0.25, 0.3) is 0 Å². The zero-order valence-corrected chi connectivity index (χ0v) is 12.5. The van der Waals surface area contributed by atoms with E-state index in [4.69, 9.17) is 4.74 Å². The quantitative estimate of drug-likeness (QED) is 0.788. The van der Waals surface area contributed by atoms with Gasteiger partial charge in [0.15, 0.2) is 0 Å². The van der Waals surface area contributed by atoms with Crippen LogP contribution in [-0.2, 0) is 11.2 Å². The summed E-state index contributed by atoms with van der Waals surface area (Å²) in [7, 11) is 2.04. The van der Waals surface area contributed by atoms with E-state index in [0.717, 1.165) is 25.4 Å². The molecule has 106 valence electrons. The third-order valence-electron chi connectivity index (χ3n) is 4.03. The summed E-state index contributed by atoms with van der Waals surface area (Å²) in [5.74, 6) is 0.774. The topological polar surface area (TPSA) is 21.3 Å². The maximum Gasteiger partial charge on any atom is 0.0772 e.